The fourth-order valence-corrected chi connectivity index (χ4v) is 1.93. The third-order valence-corrected chi connectivity index (χ3v) is 3.24. The molecule has 0 unspecified atom stereocenters. The number of non-ortho nitro benzene ring substituents is 1. The van der Waals surface area contributed by atoms with Crippen molar-refractivity contribution in [3.63, 3.8) is 0 Å². The molecule has 1 rings (SSSR count). The SMILES string of the molecule is N#C/C(=C/Nc1cc([N+](=O)[O-])ccc1Cl)C(=O)N(CCO)CCO. The monoisotopic (exact) mass is 354 g/mol. The number of rotatable bonds is 8. The van der Waals surface area contributed by atoms with Crippen molar-refractivity contribution >= 4 is 28.9 Å². The first-order valence-corrected chi connectivity index (χ1v) is 7.14. The van der Waals surface area contributed by atoms with Crippen LogP contribution in [0.1, 0.15) is 0 Å². The van der Waals surface area contributed by atoms with E-state index in [4.69, 9.17) is 27.1 Å². The van der Waals surface area contributed by atoms with Crippen LogP contribution in [0.5, 0.6) is 0 Å². The molecule has 0 aromatic heterocycles. The minimum Gasteiger partial charge on any atom is -0.395 e. The van der Waals surface area contributed by atoms with E-state index in [0.717, 1.165) is 17.2 Å². The zero-order valence-electron chi connectivity index (χ0n) is 12.5. The Hall–Kier alpha value is -2.67. The number of carbonyl (C=O) groups excluding carboxylic acids is 1. The van der Waals surface area contributed by atoms with Crippen molar-refractivity contribution in [1.29, 1.82) is 5.26 Å². The minimum absolute atomic E-state index is 0.0457. The number of hydrogen-bond donors (Lipinski definition) is 3. The minimum atomic E-state index is -0.699. The van der Waals surface area contributed by atoms with Gasteiger partial charge in [-0.2, -0.15) is 5.26 Å². The van der Waals surface area contributed by atoms with Crippen molar-refractivity contribution in [3.8, 4) is 6.07 Å². The first kappa shape index (κ1) is 19.4. The van der Waals surface area contributed by atoms with E-state index >= 15 is 0 Å². The van der Waals surface area contributed by atoms with Gasteiger partial charge < -0.3 is 20.4 Å². The van der Waals surface area contributed by atoms with Crippen LogP contribution in [0, 0.1) is 21.4 Å². The Balaban J connectivity index is 3.01. The highest BCUT2D eigenvalue weighted by molar-refractivity contribution is 6.33. The number of anilines is 1. The molecule has 3 N–H and O–H groups in total. The van der Waals surface area contributed by atoms with Crippen molar-refractivity contribution in [3.05, 3.63) is 45.1 Å². The van der Waals surface area contributed by atoms with E-state index in [-0.39, 0.29) is 48.3 Å². The van der Waals surface area contributed by atoms with Crippen molar-refractivity contribution in [2.75, 3.05) is 31.6 Å². The summed E-state index contributed by atoms with van der Waals surface area (Å²) >= 11 is 5.91. The first-order chi connectivity index (χ1) is 11.4. The molecule has 0 spiro atoms. The standard InChI is InChI=1S/C14H15ClN4O5/c15-12-2-1-11(19(23)24)7-13(12)17-9-10(8-16)14(22)18(3-5-20)4-6-21/h1-2,7,9,17,20-21H,3-6H2/b10-9-. The van der Waals surface area contributed by atoms with Gasteiger partial charge in [0.05, 0.1) is 28.8 Å². The fraction of sp³-hybridized carbons (Fsp3) is 0.286. The maximum atomic E-state index is 12.2. The third kappa shape index (κ3) is 5.20. The molecule has 24 heavy (non-hydrogen) atoms. The van der Waals surface area contributed by atoms with Crippen LogP contribution in [0.25, 0.3) is 0 Å². The van der Waals surface area contributed by atoms with Gasteiger partial charge in [0.15, 0.2) is 0 Å². The first-order valence-electron chi connectivity index (χ1n) is 6.76. The van der Waals surface area contributed by atoms with Gasteiger partial charge in [0.25, 0.3) is 11.6 Å². The van der Waals surface area contributed by atoms with Crippen molar-refractivity contribution < 1.29 is 19.9 Å². The zero-order valence-corrected chi connectivity index (χ0v) is 13.2. The second-order valence-corrected chi connectivity index (χ2v) is 4.88. The summed E-state index contributed by atoms with van der Waals surface area (Å²) in [6.07, 6.45) is 1.06. The Morgan fingerprint density at radius 3 is 2.54 bits per heavy atom. The van der Waals surface area contributed by atoms with E-state index in [1.165, 1.54) is 12.1 Å². The number of hydrogen-bond acceptors (Lipinski definition) is 7. The summed E-state index contributed by atoms with van der Waals surface area (Å²) in [5, 5.41) is 40.5. The van der Waals surface area contributed by atoms with E-state index in [1.54, 1.807) is 6.07 Å². The number of carbonyl (C=O) groups is 1. The van der Waals surface area contributed by atoms with Crippen LogP contribution in [0.3, 0.4) is 0 Å². The van der Waals surface area contributed by atoms with Crippen LogP contribution in [0.2, 0.25) is 5.02 Å². The lowest BCUT2D eigenvalue weighted by Crippen LogP contribution is -2.36. The molecule has 0 saturated heterocycles. The summed E-state index contributed by atoms with van der Waals surface area (Å²) < 4.78 is 0. The normalized spacial score (nSPS) is 10.8. The molecule has 0 fully saturated rings. The Morgan fingerprint density at radius 1 is 1.42 bits per heavy atom. The molecule has 0 radical (unpaired) electrons. The Kier molecular flexibility index (Phi) is 7.64. The van der Waals surface area contributed by atoms with E-state index < -0.39 is 10.8 Å². The van der Waals surface area contributed by atoms with Crippen LogP contribution in [0.4, 0.5) is 11.4 Å². The second kappa shape index (κ2) is 9.46. The predicted molar refractivity (Wildman–Crippen MR) is 86.2 cm³/mol. The van der Waals surface area contributed by atoms with Crippen molar-refractivity contribution in [2.45, 2.75) is 0 Å². The van der Waals surface area contributed by atoms with Gasteiger partial charge >= 0.3 is 0 Å². The van der Waals surface area contributed by atoms with Gasteiger partial charge in [0, 0.05) is 31.4 Å². The lowest BCUT2D eigenvalue weighted by molar-refractivity contribution is -0.384. The lowest BCUT2D eigenvalue weighted by atomic mass is 10.2. The fourth-order valence-electron chi connectivity index (χ4n) is 1.76. The molecule has 9 nitrogen and oxygen atoms in total. The van der Waals surface area contributed by atoms with Gasteiger partial charge in [0.2, 0.25) is 0 Å². The molecule has 1 aromatic carbocycles. The molecule has 0 bridgehead atoms. The van der Waals surface area contributed by atoms with Crippen molar-refractivity contribution in [2.24, 2.45) is 0 Å². The lowest BCUT2D eigenvalue weighted by Gasteiger charge is -2.20. The number of nitro groups is 1. The van der Waals surface area contributed by atoms with Gasteiger partial charge in [-0.25, -0.2) is 0 Å². The highest BCUT2D eigenvalue weighted by Crippen LogP contribution is 2.26. The molecule has 0 aliphatic heterocycles. The second-order valence-electron chi connectivity index (χ2n) is 4.47. The maximum Gasteiger partial charge on any atom is 0.271 e. The number of halogens is 1. The molecule has 0 heterocycles. The smallest absolute Gasteiger partial charge is 0.271 e. The van der Waals surface area contributed by atoms with Gasteiger partial charge in [-0.15, -0.1) is 0 Å². The third-order valence-electron chi connectivity index (χ3n) is 2.91. The van der Waals surface area contributed by atoms with Crippen LogP contribution in [-0.2, 0) is 4.79 Å². The number of nitro benzene ring substituents is 1. The van der Waals surface area contributed by atoms with E-state index in [9.17, 15) is 14.9 Å². The number of aliphatic hydroxyl groups is 2. The van der Waals surface area contributed by atoms with Crippen LogP contribution >= 0.6 is 11.6 Å². The summed E-state index contributed by atoms with van der Waals surface area (Å²) in [5.74, 6) is -0.699. The van der Waals surface area contributed by atoms with Gasteiger partial charge in [0.1, 0.15) is 11.6 Å². The molecular formula is C14H15ClN4O5. The number of aliphatic hydroxyl groups excluding tert-OH is 2. The van der Waals surface area contributed by atoms with Gasteiger partial charge in [-0.05, 0) is 6.07 Å². The molecule has 0 aliphatic rings. The van der Waals surface area contributed by atoms with E-state index in [1.807, 2.05) is 0 Å². The van der Waals surface area contributed by atoms with E-state index in [0.29, 0.717) is 0 Å². The quantitative estimate of drug-likeness (QED) is 0.272. The molecule has 0 saturated carbocycles. The predicted octanol–water partition coefficient (Wildman–Crippen LogP) is 0.881. The number of nitrogens with one attached hydrogen (secondary N) is 1. The Labute approximate surface area is 142 Å². The number of nitriles is 1. The van der Waals surface area contributed by atoms with E-state index in [2.05, 4.69) is 5.32 Å². The van der Waals surface area contributed by atoms with Crippen LogP contribution < -0.4 is 5.32 Å². The number of amides is 1. The number of nitrogens with zero attached hydrogens (tertiary/aromatic N) is 3. The molecule has 0 atom stereocenters. The highest BCUT2D eigenvalue weighted by Gasteiger charge is 2.18. The number of benzene rings is 1. The summed E-state index contributed by atoms with van der Waals surface area (Å²) in [6.45, 7) is -0.741. The average molecular weight is 355 g/mol. The molecule has 10 heteroatoms. The van der Waals surface area contributed by atoms with Crippen molar-refractivity contribution in [1.82, 2.24) is 4.90 Å². The molecule has 0 aliphatic carbocycles. The zero-order chi connectivity index (χ0) is 18.1. The maximum absolute atomic E-state index is 12.2. The summed E-state index contributed by atoms with van der Waals surface area (Å²) in [5.41, 5.74) is -0.357. The molecule has 128 valence electrons. The Bertz CT molecular complexity index is 680. The Morgan fingerprint density at radius 2 is 2.04 bits per heavy atom. The van der Waals surface area contributed by atoms with Gasteiger partial charge in [-0.3, -0.25) is 14.9 Å². The van der Waals surface area contributed by atoms with Gasteiger partial charge in [-0.1, -0.05) is 11.6 Å². The summed E-state index contributed by atoms with van der Waals surface area (Å²) in [7, 11) is 0. The topological polar surface area (TPSA) is 140 Å². The largest absolute Gasteiger partial charge is 0.395 e. The summed E-state index contributed by atoms with van der Waals surface area (Å²) in [4.78, 5) is 23.4. The summed E-state index contributed by atoms with van der Waals surface area (Å²) in [6, 6.07) is 5.39. The average Bonchev–Trinajstić information content (AvgIpc) is 2.56. The molecular weight excluding hydrogens is 340 g/mol. The van der Waals surface area contributed by atoms with Crippen LogP contribution in [-0.4, -0.2) is 52.2 Å². The highest BCUT2D eigenvalue weighted by atomic mass is 35.5. The van der Waals surface area contributed by atoms with Crippen LogP contribution in [0.15, 0.2) is 30.0 Å². The molecule has 1 amide bonds. The molecule has 1 aromatic rings.